The van der Waals surface area contributed by atoms with Crippen molar-refractivity contribution in [2.24, 2.45) is 0 Å². The molecule has 1 aromatic carbocycles. The third-order valence-electron chi connectivity index (χ3n) is 2.61. The number of carboxylic acid groups (broad SMARTS) is 1. The van der Waals surface area contributed by atoms with Gasteiger partial charge in [-0.05, 0) is 24.3 Å². The van der Waals surface area contributed by atoms with Gasteiger partial charge in [0.15, 0.2) is 0 Å². The number of nitrogens with one attached hydrogen (secondary N) is 1. The Kier molecular flexibility index (Phi) is 4.37. The van der Waals surface area contributed by atoms with E-state index in [0.29, 0.717) is 11.6 Å². The van der Waals surface area contributed by atoms with E-state index in [1.54, 1.807) is 23.1 Å². The van der Waals surface area contributed by atoms with Gasteiger partial charge in [-0.2, -0.15) is 5.10 Å². The van der Waals surface area contributed by atoms with Gasteiger partial charge >= 0.3 is 5.97 Å². The van der Waals surface area contributed by atoms with Crippen LogP contribution >= 0.6 is 11.6 Å². The van der Waals surface area contributed by atoms with E-state index < -0.39 is 5.97 Å². The molecule has 0 saturated heterocycles. The Morgan fingerprint density at radius 2 is 2.20 bits per heavy atom. The summed E-state index contributed by atoms with van der Waals surface area (Å²) >= 11 is 5.92. The predicted octanol–water partition coefficient (Wildman–Crippen LogP) is 2.26. The van der Waals surface area contributed by atoms with Gasteiger partial charge in [0, 0.05) is 25.4 Å². The fourth-order valence-corrected chi connectivity index (χ4v) is 1.78. The van der Waals surface area contributed by atoms with Gasteiger partial charge in [-0.25, -0.2) is 4.79 Å². The minimum atomic E-state index is -1.08. The van der Waals surface area contributed by atoms with Crippen molar-refractivity contribution in [2.75, 3.05) is 5.32 Å². The van der Waals surface area contributed by atoms with Gasteiger partial charge in [0.25, 0.3) is 0 Å². The van der Waals surface area contributed by atoms with Crippen molar-refractivity contribution in [1.29, 1.82) is 0 Å². The molecule has 6 nitrogen and oxygen atoms in total. The van der Waals surface area contributed by atoms with Crippen LogP contribution in [0.2, 0.25) is 5.02 Å². The van der Waals surface area contributed by atoms with Crippen LogP contribution in [0.5, 0.6) is 0 Å². The maximum atomic E-state index is 11.8. The molecule has 7 heteroatoms. The molecule has 0 fully saturated rings. The fraction of sp³-hybridized carbons (Fsp3) is 0.154. The number of halogens is 1. The molecule has 1 amide bonds. The molecule has 0 aliphatic carbocycles. The summed E-state index contributed by atoms with van der Waals surface area (Å²) < 4.78 is 1.63. The Hall–Kier alpha value is -2.34. The summed E-state index contributed by atoms with van der Waals surface area (Å²) in [7, 11) is 0. The molecule has 0 aliphatic heterocycles. The quantitative estimate of drug-likeness (QED) is 0.885. The summed E-state index contributed by atoms with van der Waals surface area (Å²) in [6.45, 7) is 0.440. The lowest BCUT2D eigenvalue weighted by atomic mass is 10.2. The summed E-state index contributed by atoms with van der Waals surface area (Å²) in [5.41, 5.74) is 0.355. The number of hydrogen-bond donors (Lipinski definition) is 2. The first-order valence-corrected chi connectivity index (χ1v) is 6.24. The maximum Gasteiger partial charge on any atom is 0.335 e. The number of nitrogens with zero attached hydrogens (tertiary/aromatic N) is 2. The summed E-state index contributed by atoms with van der Waals surface area (Å²) in [6, 6.07) is 5.92. The van der Waals surface area contributed by atoms with Crippen LogP contribution in [0.4, 0.5) is 5.69 Å². The molecule has 2 N–H and O–H groups in total. The molecule has 104 valence electrons. The van der Waals surface area contributed by atoms with Gasteiger partial charge in [-0.15, -0.1) is 0 Å². The third-order valence-corrected chi connectivity index (χ3v) is 2.94. The van der Waals surface area contributed by atoms with Crippen molar-refractivity contribution in [3.05, 3.63) is 47.2 Å². The third kappa shape index (κ3) is 3.58. The van der Waals surface area contributed by atoms with Crippen molar-refractivity contribution in [3.8, 4) is 0 Å². The van der Waals surface area contributed by atoms with Crippen LogP contribution in [0.25, 0.3) is 0 Å². The highest BCUT2D eigenvalue weighted by molar-refractivity contribution is 6.33. The molecule has 0 atom stereocenters. The molecule has 0 spiro atoms. The molecule has 0 aliphatic rings. The van der Waals surface area contributed by atoms with Crippen molar-refractivity contribution in [3.63, 3.8) is 0 Å². The van der Waals surface area contributed by atoms with Crippen LogP contribution in [0.1, 0.15) is 16.8 Å². The van der Waals surface area contributed by atoms with Crippen LogP contribution in [0.3, 0.4) is 0 Å². The van der Waals surface area contributed by atoms with E-state index >= 15 is 0 Å². The number of benzene rings is 1. The summed E-state index contributed by atoms with van der Waals surface area (Å²) in [6.07, 6.45) is 3.60. The lowest BCUT2D eigenvalue weighted by Gasteiger charge is -2.08. The largest absolute Gasteiger partial charge is 0.478 e. The Balaban J connectivity index is 2.00. The van der Waals surface area contributed by atoms with Gasteiger partial charge < -0.3 is 10.4 Å². The minimum absolute atomic E-state index is 0.0665. The Morgan fingerprint density at radius 3 is 2.85 bits per heavy atom. The Labute approximate surface area is 120 Å². The summed E-state index contributed by atoms with van der Waals surface area (Å²) in [5, 5.41) is 15.8. The number of carbonyl (C=O) groups excluding carboxylic acids is 1. The normalized spacial score (nSPS) is 10.2. The Morgan fingerprint density at radius 1 is 1.40 bits per heavy atom. The molecule has 0 saturated carbocycles. The first-order chi connectivity index (χ1) is 9.56. The van der Waals surface area contributed by atoms with Crippen molar-refractivity contribution >= 4 is 29.2 Å². The molecule has 2 rings (SSSR count). The number of rotatable bonds is 5. The lowest BCUT2D eigenvalue weighted by Crippen LogP contribution is -2.15. The second-order valence-electron chi connectivity index (χ2n) is 4.07. The zero-order valence-electron chi connectivity index (χ0n) is 10.4. The number of aromatic carboxylic acids is 1. The molecule has 0 unspecified atom stereocenters. The topological polar surface area (TPSA) is 84.2 Å². The number of amides is 1. The molecule has 0 radical (unpaired) electrons. The van der Waals surface area contributed by atoms with Gasteiger partial charge in [0.1, 0.15) is 0 Å². The SMILES string of the molecule is O=C(CCn1cccn1)Nc1cc(C(=O)O)ccc1Cl. The first-order valence-electron chi connectivity index (χ1n) is 5.86. The number of aryl methyl sites for hydroxylation is 1. The monoisotopic (exact) mass is 293 g/mol. The predicted molar refractivity (Wildman–Crippen MR) is 73.9 cm³/mol. The van der Waals surface area contributed by atoms with E-state index in [1.165, 1.54) is 18.2 Å². The molecular formula is C13H12ClN3O3. The summed E-state index contributed by atoms with van der Waals surface area (Å²) in [4.78, 5) is 22.6. The van der Waals surface area contributed by atoms with Gasteiger partial charge in [0.05, 0.1) is 16.3 Å². The standard InChI is InChI=1S/C13H12ClN3O3/c14-10-3-2-9(13(19)20)8-11(10)16-12(18)4-7-17-6-1-5-15-17/h1-3,5-6,8H,4,7H2,(H,16,18)(H,19,20). The molecule has 1 heterocycles. The van der Waals surface area contributed by atoms with E-state index in [1.807, 2.05) is 0 Å². The van der Waals surface area contributed by atoms with E-state index in [4.69, 9.17) is 16.7 Å². The first kappa shape index (κ1) is 14.1. The van der Waals surface area contributed by atoms with Crippen molar-refractivity contribution < 1.29 is 14.7 Å². The molecule has 0 bridgehead atoms. The second kappa shape index (κ2) is 6.21. The smallest absolute Gasteiger partial charge is 0.335 e. The molecule has 1 aromatic heterocycles. The highest BCUT2D eigenvalue weighted by Gasteiger charge is 2.10. The van der Waals surface area contributed by atoms with Crippen LogP contribution in [-0.2, 0) is 11.3 Å². The van der Waals surface area contributed by atoms with Crippen LogP contribution in [0.15, 0.2) is 36.7 Å². The van der Waals surface area contributed by atoms with Crippen molar-refractivity contribution in [2.45, 2.75) is 13.0 Å². The number of aromatic nitrogens is 2. The van der Waals surface area contributed by atoms with Crippen LogP contribution in [0, 0.1) is 0 Å². The molecular weight excluding hydrogens is 282 g/mol. The number of carboxylic acids is 1. The van der Waals surface area contributed by atoms with Gasteiger partial charge in [0.2, 0.25) is 5.91 Å². The van der Waals surface area contributed by atoms with Gasteiger partial charge in [-0.1, -0.05) is 11.6 Å². The van der Waals surface area contributed by atoms with Crippen molar-refractivity contribution in [1.82, 2.24) is 9.78 Å². The average Bonchev–Trinajstić information content (AvgIpc) is 2.92. The maximum absolute atomic E-state index is 11.8. The average molecular weight is 294 g/mol. The highest BCUT2D eigenvalue weighted by atomic mass is 35.5. The zero-order valence-corrected chi connectivity index (χ0v) is 11.2. The highest BCUT2D eigenvalue weighted by Crippen LogP contribution is 2.23. The lowest BCUT2D eigenvalue weighted by molar-refractivity contribution is -0.116. The minimum Gasteiger partial charge on any atom is -0.478 e. The molecule has 2 aromatic rings. The zero-order chi connectivity index (χ0) is 14.5. The van der Waals surface area contributed by atoms with E-state index in [0.717, 1.165) is 0 Å². The van der Waals surface area contributed by atoms with E-state index in [9.17, 15) is 9.59 Å². The number of anilines is 1. The Bertz CT molecular complexity index is 626. The van der Waals surface area contributed by atoms with Crippen LogP contribution < -0.4 is 5.32 Å². The van der Waals surface area contributed by atoms with Crippen LogP contribution in [-0.4, -0.2) is 26.8 Å². The number of hydrogen-bond acceptors (Lipinski definition) is 3. The van der Waals surface area contributed by atoms with E-state index in [-0.39, 0.29) is 23.6 Å². The fourth-order valence-electron chi connectivity index (χ4n) is 1.62. The summed E-state index contributed by atoms with van der Waals surface area (Å²) in [5.74, 6) is -1.33. The second-order valence-corrected chi connectivity index (χ2v) is 4.47. The molecule has 20 heavy (non-hydrogen) atoms. The van der Waals surface area contributed by atoms with E-state index in [2.05, 4.69) is 10.4 Å². The number of carbonyl (C=O) groups is 2. The van der Waals surface area contributed by atoms with Gasteiger partial charge in [-0.3, -0.25) is 9.48 Å².